The van der Waals surface area contributed by atoms with Crippen molar-refractivity contribution in [2.45, 2.75) is 78.2 Å². The molecular weight excluding hydrogens is 182 g/mol. The van der Waals surface area contributed by atoms with Gasteiger partial charge in [-0.05, 0) is 19.4 Å². The molecule has 0 aliphatic rings. The first kappa shape index (κ1) is 15.0. The number of unbranched alkanes of at least 4 members (excludes halogenated alkanes) is 4. The Morgan fingerprint density at radius 1 is 0.867 bits per heavy atom. The lowest BCUT2D eigenvalue weighted by atomic mass is 9.90. The first-order chi connectivity index (χ1) is 7.29. The first-order valence-corrected chi connectivity index (χ1v) is 6.97. The van der Waals surface area contributed by atoms with Crippen LogP contribution in [0.15, 0.2) is 0 Å². The molecule has 0 fully saturated rings. The average molecular weight is 213 g/mol. The zero-order chi connectivity index (χ0) is 11.5. The maximum atomic E-state index is 3.49. The number of rotatable bonds is 10. The van der Waals surface area contributed by atoms with E-state index in [0.717, 1.165) is 12.0 Å². The summed E-state index contributed by atoms with van der Waals surface area (Å²) in [6.45, 7) is 6.91. The van der Waals surface area contributed by atoms with Crippen molar-refractivity contribution in [1.82, 2.24) is 5.32 Å². The summed E-state index contributed by atoms with van der Waals surface area (Å²) in [4.78, 5) is 0. The molecule has 0 saturated carbocycles. The first-order valence-electron chi connectivity index (χ1n) is 6.97. The molecule has 0 amide bonds. The highest BCUT2D eigenvalue weighted by molar-refractivity contribution is 4.73. The van der Waals surface area contributed by atoms with Gasteiger partial charge >= 0.3 is 0 Å². The Kier molecular flexibility index (Phi) is 10.4. The Hall–Kier alpha value is -0.0400. The lowest BCUT2D eigenvalue weighted by molar-refractivity contribution is 0.325. The summed E-state index contributed by atoms with van der Waals surface area (Å²) >= 11 is 0. The van der Waals surface area contributed by atoms with Crippen molar-refractivity contribution in [3.05, 3.63) is 0 Å². The molecule has 0 spiro atoms. The molecule has 0 aromatic carbocycles. The van der Waals surface area contributed by atoms with Gasteiger partial charge in [-0.3, -0.25) is 0 Å². The predicted molar refractivity (Wildman–Crippen MR) is 70.3 cm³/mol. The van der Waals surface area contributed by atoms with Crippen LogP contribution in [0.3, 0.4) is 0 Å². The van der Waals surface area contributed by atoms with Crippen molar-refractivity contribution in [2.75, 3.05) is 7.05 Å². The SMILES string of the molecule is CCCCCCCC(NC)C(CC)CC. The van der Waals surface area contributed by atoms with Gasteiger partial charge in [-0.15, -0.1) is 0 Å². The highest BCUT2D eigenvalue weighted by Gasteiger charge is 2.15. The summed E-state index contributed by atoms with van der Waals surface area (Å²) in [5.41, 5.74) is 0. The topological polar surface area (TPSA) is 12.0 Å². The highest BCUT2D eigenvalue weighted by atomic mass is 14.9. The molecule has 1 atom stereocenters. The van der Waals surface area contributed by atoms with Gasteiger partial charge in [-0.1, -0.05) is 65.7 Å². The number of hydrogen-bond donors (Lipinski definition) is 1. The quantitative estimate of drug-likeness (QED) is 0.531. The average Bonchev–Trinajstić information content (AvgIpc) is 2.27. The van der Waals surface area contributed by atoms with E-state index in [0.29, 0.717) is 0 Å². The second kappa shape index (κ2) is 10.5. The zero-order valence-corrected chi connectivity index (χ0v) is 11.3. The number of nitrogens with one attached hydrogen (secondary N) is 1. The van der Waals surface area contributed by atoms with Crippen LogP contribution < -0.4 is 5.32 Å². The summed E-state index contributed by atoms with van der Waals surface area (Å²) in [7, 11) is 2.12. The van der Waals surface area contributed by atoms with Gasteiger partial charge in [0.15, 0.2) is 0 Å². The normalized spacial score (nSPS) is 13.4. The van der Waals surface area contributed by atoms with Crippen LogP contribution in [0.25, 0.3) is 0 Å². The molecule has 0 saturated heterocycles. The summed E-state index contributed by atoms with van der Waals surface area (Å²) in [5.74, 6) is 0.876. The van der Waals surface area contributed by atoms with Gasteiger partial charge in [0.05, 0.1) is 0 Å². The van der Waals surface area contributed by atoms with Gasteiger partial charge in [0.25, 0.3) is 0 Å². The van der Waals surface area contributed by atoms with E-state index in [1.54, 1.807) is 0 Å². The van der Waals surface area contributed by atoms with Crippen LogP contribution >= 0.6 is 0 Å². The van der Waals surface area contributed by atoms with Gasteiger partial charge in [-0.2, -0.15) is 0 Å². The fourth-order valence-corrected chi connectivity index (χ4v) is 2.44. The molecule has 0 aliphatic carbocycles. The monoisotopic (exact) mass is 213 g/mol. The molecule has 92 valence electrons. The Morgan fingerprint density at radius 3 is 1.93 bits per heavy atom. The molecule has 0 aromatic rings. The van der Waals surface area contributed by atoms with Crippen molar-refractivity contribution in [1.29, 1.82) is 0 Å². The second-order valence-electron chi connectivity index (χ2n) is 4.67. The van der Waals surface area contributed by atoms with E-state index in [4.69, 9.17) is 0 Å². The second-order valence-corrected chi connectivity index (χ2v) is 4.67. The molecule has 1 nitrogen and oxygen atoms in total. The molecular formula is C14H31N. The van der Waals surface area contributed by atoms with Gasteiger partial charge in [0, 0.05) is 6.04 Å². The summed E-state index contributed by atoms with van der Waals surface area (Å²) in [6.07, 6.45) is 11.0. The van der Waals surface area contributed by atoms with E-state index in [2.05, 4.69) is 33.1 Å². The molecule has 0 aliphatic heterocycles. The molecule has 0 aromatic heterocycles. The largest absolute Gasteiger partial charge is 0.317 e. The minimum Gasteiger partial charge on any atom is -0.317 e. The van der Waals surface area contributed by atoms with Crippen LogP contribution in [-0.2, 0) is 0 Å². The Labute approximate surface area is 97.0 Å². The Balaban J connectivity index is 3.60. The third kappa shape index (κ3) is 6.94. The van der Waals surface area contributed by atoms with E-state index in [-0.39, 0.29) is 0 Å². The van der Waals surface area contributed by atoms with E-state index in [1.807, 2.05) is 0 Å². The lowest BCUT2D eigenvalue weighted by Gasteiger charge is -2.24. The minimum absolute atomic E-state index is 0.752. The van der Waals surface area contributed by atoms with Gasteiger partial charge in [0.2, 0.25) is 0 Å². The lowest BCUT2D eigenvalue weighted by Crippen LogP contribution is -2.32. The Bertz CT molecular complexity index is 119. The molecule has 1 N–H and O–H groups in total. The van der Waals surface area contributed by atoms with Crippen LogP contribution in [0.4, 0.5) is 0 Å². The van der Waals surface area contributed by atoms with Crippen LogP contribution in [0.1, 0.15) is 72.1 Å². The maximum Gasteiger partial charge on any atom is 0.00921 e. The minimum atomic E-state index is 0.752. The van der Waals surface area contributed by atoms with Crippen molar-refractivity contribution in [3.8, 4) is 0 Å². The third-order valence-electron chi connectivity index (χ3n) is 3.61. The van der Waals surface area contributed by atoms with Crippen LogP contribution in [0.2, 0.25) is 0 Å². The Morgan fingerprint density at radius 2 is 1.47 bits per heavy atom. The van der Waals surface area contributed by atoms with Crippen molar-refractivity contribution in [2.24, 2.45) is 5.92 Å². The van der Waals surface area contributed by atoms with Crippen LogP contribution in [0.5, 0.6) is 0 Å². The van der Waals surface area contributed by atoms with Crippen molar-refractivity contribution in [3.63, 3.8) is 0 Å². The molecule has 1 unspecified atom stereocenters. The molecule has 0 bridgehead atoms. The highest BCUT2D eigenvalue weighted by Crippen LogP contribution is 2.18. The fourth-order valence-electron chi connectivity index (χ4n) is 2.44. The van der Waals surface area contributed by atoms with Crippen molar-refractivity contribution >= 4 is 0 Å². The molecule has 1 heteroatoms. The fraction of sp³-hybridized carbons (Fsp3) is 1.00. The zero-order valence-electron chi connectivity index (χ0n) is 11.3. The van der Waals surface area contributed by atoms with E-state index in [1.165, 1.54) is 51.4 Å². The van der Waals surface area contributed by atoms with Gasteiger partial charge < -0.3 is 5.32 Å². The van der Waals surface area contributed by atoms with Gasteiger partial charge in [-0.25, -0.2) is 0 Å². The molecule has 15 heavy (non-hydrogen) atoms. The van der Waals surface area contributed by atoms with E-state index >= 15 is 0 Å². The standard InChI is InChI=1S/C14H31N/c1-5-8-9-10-11-12-14(15-4)13(6-2)7-3/h13-15H,5-12H2,1-4H3. The van der Waals surface area contributed by atoms with E-state index in [9.17, 15) is 0 Å². The maximum absolute atomic E-state index is 3.49. The predicted octanol–water partition coefficient (Wildman–Crippen LogP) is 4.37. The van der Waals surface area contributed by atoms with Crippen LogP contribution in [-0.4, -0.2) is 13.1 Å². The molecule has 0 rings (SSSR count). The van der Waals surface area contributed by atoms with E-state index < -0.39 is 0 Å². The number of hydrogen-bond acceptors (Lipinski definition) is 1. The third-order valence-corrected chi connectivity index (χ3v) is 3.61. The molecule has 0 heterocycles. The smallest absolute Gasteiger partial charge is 0.00921 e. The summed E-state index contributed by atoms with van der Waals surface area (Å²) < 4.78 is 0. The van der Waals surface area contributed by atoms with Crippen molar-refractivity contribution < 1.29 is 0 Å². The van der Waals surface area contributed by atoms with Gasteiger partial charge in [0.1, 0.15) is 0 Å². The van der Waals surface area contributed by atoms with Crippen LogP contribution in [0, 0.1) is 5.92 Å². The summed E-state index contributed by atoms with van der Waals surface area (Å²) in [5, 5.41) is 3.49. The molecule has 0 radical (unpaired) electrons. The summed E-state index contributed by atoms with van der Waals surface area (Å²) in [6, 6.07) is 0.752.